The van der Waals surface area contributed by atoms with Gasteiger partial charge in [0.1, 0.15) is 0 Å². The Bertz CT molecular complexity index is 532. The molecule has 7 heteroatoms. The number of anilines is 1. The van der Waals surface area contributed by atoms with Crippen molar-refractivity contribution in [1.82, 2.24) is 0 Å². The lowest BCUT2D eigenvalue weighted by atomic mass is 10.3. The van der Waals surface area contributed by atoms with Crippen molar-refractivity contribution < 1.29 is 21.6 Å². The molecule has 1 aromatic carbocycles. The number of nitrogens with one attached hydrogen (secondary N) is 1. The topological polar surface area (TPSA) is 46.2 Å². The molecule has 0 saturated carbocycles. The minimum Gasteiger partial charge on any atom is -0.381 e. The normalized spacial score (nSPS) is 12.2. The minimum absolute atomic E-state index is 0.464. The number of sulfone groups is 1. The Kier molecular flexibility index (Phi) is 4.05. The van der Waals surface area contributed by atoms with Crippen molar-refractivity contribution in [2.75, 3.05) is 11.9 Å². The minimum atomic E-state index is -5.28. The highest BCUT2D eigenvalue weighted by molar-refractivity contribution is 7.92. The van der Waals surface area contributed by atoms with Gasteiger partial charge in [-0.15, -0.1) is 0 Å². The van der Waals surface area contributed by atoms with Gasteiger partial charge in [0, 0.05) is 12.2 Å². The Balaban J connectivity index is 2.93. The van der Waals surface area contributed by atoms with Crippen molar-refractivity contribution in [1.29, 1.82) is 0 Å². The Morgan fingerprint density at radius 1 is 1.28 bits per heavy atom. The fourth-order valence-corrected chi connectivity index (χ4v) is 1.90. The van der Waals surface area contributed by atoms with Crippen LogP contribution in [0, 0.1) is 0 Å². The summed E-state index contributed by atoms with van der Waals surface area (Å²) in [6.45, 7) is 5.90. The van der Waals surface area contributed by atoms with E-state index in [2.05, 4.69) is 11.9 Å². The first-order valence-corrected chi connectivity index (χ1v) is 6.42. The smallest absolute Gasteiger partial charge is 0.381 e. The van der Waals surface area contributed by atoms with E-state index in [0.717, 1.165) is 17.7 Å². The lowest BCUT2D eigenvalue weighted by Gasteiger charge is -2.09. The molecular formula is C11H12F3NO2S. The van der Waals surface area contributed by atoms with Crippen LogP contribution >= 0.6 is 0 Å². The molecule has 0 spiro atoms. The number of hydrogen-bond donors (Lipinski definition) is 1. The van der Waals surface area contributed by atoms with Crippen molar-refractivity contribution in [2.24, 2.45) is 0 Å². The number of rotatable bonds is 4. The molecule has 0 saturated heterocycles. The number of benzene rings is 1. The van der Waals surface area contributed by atoms with Gasteiger partial charge in [-0.2, -0.15) is 13.2 Å². The van der Waals surface area contributed by atoms with Crippen LogP contribution in [-0.4, -0.2) is 20.5 Å². The Hall–Kier alpha value is -1.50. The van der Waals surface area contributed by atoms with E-state index in [1.54, 1.807) is 6.92 Å². The predicted molar refractivity (Wildman–Crippen MR) is 63.0 cm³/mol. The van der Waals surface area contributed by atoms with E-state index in [-0.39, 0.29) is 0 Å². The maximum absolute atomic E-state index is 12.3. The Labute approximate surface area is 103 Å². The first-order valence-electron chi connectivity index (χ1n) is 4.94. The molecule has 0 aliphatic rings. The molecule has 1 N–H and O–H groups in total. The van der Waals surface area contributed by atoms with E-state index < -0.39 is 20.2 Å². The molecule has 1 rings (SSSR count). The van der Waals surface area contributed by atoms with Gasteiger partial charge in [-0.05, 0) is 31.2 Å². The van der Waals surface area contributed by atoms with Gasteiger partial charge in [0.05, 0.1) is 4.90 Å². The fraction of sp³-hybridized carbons (Fsp3) is 0.273. The molecule has 3 nitrogen and oxygen atoms in total. The molecule has 0 bridgehead atoms. The van der Waals surface area contributed by atoms with Crippen LogP contribution in [0.25, 0.3) is 0 Å². The van der Waals surface area contributed by atoms with Crippen LogP contribution in [0.15, 0.2) is 41.3 Å². The quantitative estimate of drug-likeness (QED) is 0.862. The average molecular weight is 279 g/mol. The molecule has 0 heterocycles. The largest absolute Gasteiger partial charge is 0.501 e. The van der Waals surface area contributed by atoms with Crippen molar-refractivity contribution in [3.63, 3.8) is 0 Å². The van der Waals surface area contributed by atoms with Gasteiger partial charge < -0.3 is 5.32 Å². The van der Waals surface area contributed by atoms with Crippen LogP contribution in [0.3, 0.4) is 0 Å². The van der Waals surface area contributed by atoms with Crippen LogP contribution in [0.5, 0.6) is 0 Å². The van der Waals surface area contributed by atoms with E-state index in [1.807, 2.05) is 0 Å². The Morgan fingerprint density at radius 3 is 2.17 bits per heavy atom. The van der Waals surface area contributed by atoms with E-state index >= 15 is 0 Å². The molecule has 0 unspecified atom stereocenters. The molecule has 0 aliphatic carbocycles. The van der Waals surface area contributed by atoms with Gasteiger partial charge in [-0.3, -0.25) is 0 Å². The second-order valence-corrected chi connectivity index (χ2v) is 5.73. The van der Waals surface area contributed by atoms with Gasteiger partial charge >= 0.3 is 5.51 Å². The van der Waals surface area contributed by atoms with Crippen molar-refractivity contribution in [3.05, 3.63) is 36.4 Å². The summed E-state index contributed by atoms with van der Waals surface area (Å²) in [6.07, 6.45) is 0. The van der Waals surface area contributed by atoms with Gasteiger partial charge in [0.2, 0.25) is 0 Å². The molecule has 0 atom stereocenters. The van der Waals surface area contributed by atoms with Crippen LogP contribution in [0.2, 0.25) is 0 Å². The molecule has 1 aromatic rings. The molecule has 0 radical (unpaired) electrons. The third-order valence-electron chi connectivity index (χ3n) is 2.06. The number of alkyl halides is 3. The standard InChI is InChI=1S/C11H12F3NO2S/c1-8(2)7-15-9-3-5-10(6-4-9)18(16,17)11(12,13)14/h3-6,15H,1,7H2,2H3. The SMILES string of the molecule is C=C(C)CNc1ccc(S(=O)(=O)C(F)(F)F)cc1. The highest BCUT2D eigenvalue weighted by Gasteiger charge is 2.46. The van der Waals surface area contributed by atoms with Crippen molar-refractivity contribution >= 4 is 15.5 Å². The summed E-state index contributed by atoms with van der Waals surface area (Å²) in [5, 5.41) is 2.89. The first-order chi connectivity index (χ1) is 8.14. The summed E-state index contributed by atoms with van der Waals surface area (Å²) in [5.41, 5.74) is -3.90. The second-order valence-electron chi connectivity index (χ2n) is 3.78. The molecule has 0 aliphatic heterocycles. The lowest BCUT2D eigenvalue weighted by molar-refractivity contribution is -0.0436. The summed E-state index contributed by atoms with van der Waals surface area (Å²) in [6, 6.07) is 4.40. The van der Waals surface area contributed by atoms with Gasteiger partial charge in [0.15, 0.2) is 0 Å². The van der Waals surface area contributed by atoms with Gasteiger partial charge in [0.25, 0.3) is 9.84 Å². The molecular weight excluding hydrogens is 267 g/mol. The van der Waals surface area contributed by atoms with Crippen LogP contribution < -0.4 is 5.32 Å². The first kappa shape index (κ1) is 14.6. The predicted octanol–water partition coefficient (Wildman–Crippen LogP) is 2.97. The highest BCUT2D eigenvalue weighted by atomic mass is 32.2. The maximum atomic E-state index is 12.3. The molecule has 100 valence electrons. The third kappa shape index (κ3) is 3.25. The summed E-state index contributed by atoms with van der Waals surface area (Å²) in [5.74, 6) is 0. The van der Waals surface area contributed by atoms with E-state index in [9.17, 15) is 21.6 Å². The fourth-order valence-electron chi connectivity index (χ4n) is 1.14. The zero-order chi connectivity index (χ0) is 14.0. The van der Waals surface area contributed by atoms with Crippen LogP contribution in [-0.2, 0) is 9.84 Å². The summed E-state index contributed by atoms with van der Waals surface area (Å²) in [7, 11) is -5.27. The van der Waals surface area contributed by atoms with Crippen molar-refractivity contribution in [2.45, 2.75) is 17.3 Å². The van der Waals surface area contributed by atoms with E-state index in [0.29, 0.717) is 12.2 Å². The van der Waals surface area contributed by atoms with Gasteiger partial charge in [-0.25, -0.2) is 8.42 Å². The summed E-state index contributed by atoms with van der Waals surface area (Å²) in [4.78, 5) is -0.768. The van der Waals surface area contributed by atoms with Gasteiger partial charge in [-0.1, -0.05) is 12.2 Å². The molecule has 18 heavy (non-hydrogen) atoms. The van der Waals surface area contributed by atoms with E-state index in [4.69, 9.17) is 0 Å². The zero-order valence-corrected chi connectivity index (χ0v) is 10.4. The lowest BCUT2D eigenvalue weighted by Crippen LogP contribution is -2.23. The monoisotopic (exact) mass is 279 g/mol. The number of hydrogen-bond acceptors (Lipinski definition) is 3. The molecule has 0 amide bonds. The summed E-state index contributed by atoms with van der Waals surface area (Å²) < 4.78 is 58.9. The third-order valence-corrected chi connectivity index (χ3v) is 3.57. The molecule has 0 aromatic heterocycles. The Morgan fingerprint density at radius 2 is 1.78 bits per heavy atom. The molecule has 0 fully saturated rings. The van der Waals surface area contributed by atoms with E-state index in [1.165, 1.54) is 12.1 Å². The maximum Gasteiger partial charge on any atom is 0.501 e. The van der Waals surface area contributed by atoms with Crippen LogP contribution in [0.1, 0.15) is 6.92 Å². The summed E-state index contributed by atoms with van der Waals surface area (Å²) >= 11 is 0. The zero-order valence-electron chi connectivity index (χ0n) is 9.58. The highest BCUT2D eigenvalue weighted by Crippen LogP contribution is 2.30. The number of halogens is 3. The average Bonchev–Trinajstić information content (AvgIpc) is 2.25. The second kappa shape index (κ2) is 5.01. The van der Waals surface area contributed by atoms with Crippen molar-refractivity contribution in [3.8, 4) is 0 Å². The van der Waals surface area contributed by atoms with Crippen LogP contribution in [0.4, 0.5) is 18.9 Å².